The largest absolute Gasteiger partial charge is 0.490 e. The fraction of sp³-hybridized carbons (Fsp3) is 0.565. The summed E-state index contributed by atoms with van der Waals surface area (Å²) in [7, 11) is 4.22. The SMILES string of the molecule is CN(C)C1CCN(C(=O)c2n[nH]c3c2CCN(Cc2ccco2)C3)CC1.O=C(O)C(F)(F)F.O=C(O)C(F)(F)F. The van der Waals surface area contributed by atoms with E-state index in [4.69, 9.17) is 24.2 Å². The first kappa shape index (κ1) is 32.6. The Morgan fingerprint density at radius 2 is 1.60 bits per heavy atom. The lowest BCUT2D eigenvalue weighted by atomic mass is 10.0. The number of hydrogen-bond donors (Lipinski definition) is 3. The maximum absolute atomic E-state index is 12.9. The van der Waals surface area contributed by atoms with Crippen molar-refractivity contribution in [3.8, 4) is 0 Å². The zero-order valence-corrected chi connectivity index (χ0v) is 21.6. The van der Waals surface area contributed by atoms with E-state index in [1.807, 2.05) is 17.0 Å². The van der Waals surface area contributed by atoms with Gasteiger partial charge in [-0.25, -0.2) is 9.59 Å². The van der Waals surface area contributed by atoms with Crippen molar-refractivity contribution in [1.82, 2.24) is 24.9 Å². The van der Waals surface area contributed by atoms with E-state index < -0.39 is 24.3 Å². The summed E-state index contributed by atoms with van der Waals surface area (Å²) in [4.78, 5) is 37.3. The van der Waals surface area contributed by atoms with Gasteiger partial charge in [-0.05, 0) is 45.5 Å². The summed E-state index contributed by atoms with van der Waals surface area (Å²) in [5.41, 5.74) is 2.79. The number of carbonyl (C=O) groups is 3. The Bertz CT molecular complexity index is 1100. The average Bonchev–Trinajstić information content (AvgIpc) is 3.53. The van der Waals surface area contributed by atoms with Gasteiger partial charge in [0, 0.05) is 37.8 Å². The van der Waals surface area contributed by atoms with Gasteiger partial charge in [0.2, 0.25) is 0 Å². The maximum Gasteiger partial charge on any atom is 0.490 e. The van der Waals surface area contributed by atoms with Crippen molar-refractivity contribution in [2.45, 2.75) is 50.7 Å². The molecule has 4 heterocycles. The molecule has 2 aromatic rings. The van der Waals surface area contributed by atoms with Crippen LogP contribution in [0.2, 0.25) is 0 Å². The number of H-pyrrole nitrogens is 1. The second kappa shape index (κ2) is 13.6. The number of nitrogens with zero attached hydrogens (tertiary/aromatic N) is 4. The molecule has 0 unspecified atom stereocenters. The van der Waals surface area contributed by atoms with E-state index in [1.165, 1.54) is 0 Å². The van der Waals surface area contributed by atoms with Crippen molar-refractivity contribution in [2.24, 2.45) is 0 Å². The molecule has 1 amide bonds. The van der Waals surface area contributed by atoms with E-state index in [-0.39, 0.29) is 5.91 Å². The quantitative estimate of drug-likeness (QED) is 0.462. The molecule has 0 aromatic carbocycles. The number of carbonyl (C=O) groups excluding carboxylic acids is 1. The highest BCUT2D eigenvalue weighted by atomic mass is 19.4. The smallest absolute Gasteiger partial charge is 0.475 e. The molecule has 0 saturated carbocycles. The van der Waals surface area contributed by atoms with Gasteiger partial charge in [-0.1, -0.05) is 0 Å². The molecule has 2 aromatic heterocycles. The Morgan fingerprint density at radius 3 is 2.05 bits per heavy atom. The number of hydrogen-bond acceptors (Lipinski definition) is 7. The Hall–Kier alpha value is -3.60. The number of aromatic amines is 1. The van der Waals surface area contributed by atoms with Gasteiger partial charge in [0.15, 0.2) is 5.69 Å². The molecule has 11 nitrogen and oxygen atoms in total. The second-order valence-corrected chi connectivity index (χ2v) is 9.16. The van der Waals surface area contributed by atoms with Gasteiger partial charge >= 0.3 is 24.3 Å². The highest BCUT2D eigenvalue weighted by Crippen LogP contribution is 2.24. The van der Waals surface area contributed by atoms with Gasteiger partial charge < -0.3 is 24.4 Å². The summed E-state index contributed by atoms with van der Waals surface area (Å²) < 4.78 is 68.9. The number of carboxylic acid groups (broad SMARTS) is 2. The summed E-state index contributed by atoms with van der Waals surface area (Å²) in [6.07, 6.45) is -5.55. The molecule has 0 atom stereocenters. The predicted octanol–water partition coefficient (Wildman–Crippen LogP) is 2.99. The van der Waals surface area contributed by atoms with Crippen molar-refractivity contribution < 1.29 is 55.4 Å². The van der Waals surface area contributed by atoms with E-state index in [0.717, 1.165) is 69.0 Å². The molecule has 2 aliphatic rings. The summed E-state index contributed by atoms with van der Waals surface area (Å²) >= 11 is 0. The minimum atomic E-state index is -5.08. The molecule has 3 N–H and O–H groups in total. The maximum atomic E-state index is 12.9. The lowest BCUT2D eigenvalue weighted by Gasteiger charge is -2.35. The topological polar surface area (TPSA) is 143 Å². The molecule has 1 saturated heterocycles. The van der Waals surface area contributed by atoms with Crippen LogP contribution in [0.5, 0.6) is 0 Å². The average molecular weight is 586 g/mol. The zero-order valence-electron chi connectivity index (χ0n) is 21.6. The van der Waals surface area contributed by atoms with Crippen molar-refractivity contribution >= 4 is 17.8 Å². The highest BCUT2D eigenvalue weighted by molar-refractivity contribution is 5.94. The van der Waals surface area contributed by atoms with E-state index in [2.05, 4.69) is 34.1 Å². The fourth-order valence-corrected chi connectivity index (χ4v) is 4.04. The number of nitrogens with one attached hydrogen (secondary N) is 1. The first-order valence-electron chi connectivity index (χ1n) is 11.9. The van der Waals surface area contributed by atoms with Crippen LogP contribution in [-0.4, -0.2) is 105 Å². The Morgan fingerprint density at radius 1 is 1.05 bits per heavy atom. The third kappa shape index (κ3) is 9.55. The monoisotopic (exact) mass is 585 g/mol. The molecular weight excluding hydrogens is 556 g/mol. The van der Waals surface area contributed by atoms with E-state index >= 15 is 0 Å². The molecule has 224 valence electrons. The van der Waals surface area contributed by atoms with Crippen LogP contribution in [0.25, 0.3) is 0 Å². The van der Waals surface area contributed by atoms with Gasteiger partial charge in [0.25, 0.3) is 5.91 Å². The molecule has 17 heteroatoms. The number of likely N-dealkylation sites (tertiary alicyclic amines) is 1. The lowest BCUT2D eigenvalue weighted by molar-refractivity contribution is -0.193. The molecule has 1 fully saturated rings. The Labute approximate surface area is 224 Å². The number of piperidine rings is 1. The molecular formula is C23H29F6N5O6. The first-order chi connectivity index (χ1) is 18.5. The highest BCUT2D eigenvalue weighted by Gasteiger charge is 2.39. The van der Waals surface area contributed by atoms with Gasteiger partial charge in [-0.3, -0.25) is 14.8 Å². The molecule has 2 aliphatic heterocycles. The summed E-state index contributed by atoms with van der Waals surface area (Å²) in [6.45, 7) is 4.10. The third-order valence-corrected chi connectivity index (χ3v) is 6.14. The molecule has 4 rings (SSSR count). The van der Waals surface area contributed by atoms with Crippen LogP contribution in [0.15, 0.2) is 22.8 Å². The van der Waals surface area contributed by atoms with Crippen molar-refractivity contribution in [2.75, 3.05) is 33.7 Å². The van der Waals surface area contributed by atoms with Crippen LogP contribution in [0.3, 0.4) is 0 Å². The minimum Gasteiger partial charge on any atom is -0.475 e. The van der Waals surface area contributed by atoms with Gasteiger partial charge in [-0.2, -0.15) is 31.4 Å². The summed E-state index contributed by atoms with van der Waals surface area (Å²) in [5, 5.41) is 21.7. The molecule has 0 spiro atoms. The van der Waals surface area contributed by atoms with Crippen molar-refractivity contribution in [3.63, 3.8) is 0 Å². The number of fused-ring (bicyclic) bond motifs is 1. The Kier molecular flexibility index (Phi) is 11.1. The number of rotatable bonds is 4. The number of halogens is 6. The number of furan rings is 1. The second-order valence-electron chi connectivity index (χ2n) is 9.16. The fourth-order valence-electron chi connectivity index (χ4n) is 4.04. The van der Waals surface area contributed by atoms with Crippen molar-refractivity contribution in [1.29, 1.82) is 0 Å². The molecule has 0 radical (unpaired) electrons. The molecule has 40 heavy (non-hydrogen) atoms. The normalized spacial score (nSPS) is 16.4. The number of aromatic nitrogens is 2. The standard InChI is InChI=1S/C19H27N5O2.2C2HF3O2/c1-22(2)14-5-9-24(10-6-14)19(25)18-16-7-8-23(13-17(16)20-21-18)12-15-4-3-11-26-15;2*3-2(4,5)1(6)7/h3-4,11,14H,5-10,12-13H2,1-2H3,(H,20,21);2*(H,6,7). The lowest BCUT2D eigenvalue weighted by Crippen LogP contribution is -2.44. The van der Waals surface area contributed by atoms with Crippen LogP contribution < -0.4 is 0 Å². The number of aliphatic carboxylic acids is 2. The van der Waals surface area contributed by atoms with Gasteiger partial charge in [0.05, 0.1) is 18.5 Å². The first-order valence-corrected chi connectivity index (χ1v) is 11.9. The zero-order chi connectivity index (χ0) is 30.3. The van der Waals surface area contributed by atoms with Crippen LogP contribution in [0.1, 0.15) is 40.3 Å². The third-order valence-electron chi connectivity index (χ3n) is 6.14. The Balaban J connectivity index is 0.000000333. The molecule has 0 aliphatic carbocycles. The van der Waals surface area contributed by atoms with Crippen molar-refractivity contribution in [3.05, 3.63) is 41.1 Å². The van der Waals surface area contributed by atoms with Crippen LogP contribution in [0, 0.1) is 0 Å². The summed E-state index contributed by atoms with van der Waals surface area (Å²) in [6, 6.07) is 4.48. The molecule has 0 bridgehead atoms. The number of amides is 1. The number of alkyl halides is 6. The van der Waals surface area contributed by atoms with Gasteiger partial charge in [0.1, 0.15) is 5.76 Å². The van der Waals surface area contributed by atoms with Crippen LogP contribution >= 0.6 is 0 Å². The van der Waals surface area contributed by atoms with E-state index in [9.17, 15) is 31.1 Å². The van der Waals surface area contributed by atoms with Crippen LogP contribution in [-0.2, 0) is 29.1 Å². The number of carboxylic acids is 2. The van der Waals surface area contributed by atoms with E-state index in [0.29, 0.717) is 11.7 Å². The predicted molar refractivity (Wildman–Crippen MR) is 125 cm³/mol. The van der Waals surface area contributed by atoms with E-state index in [1.54, 1.807) is 6.26 Å². The van der Waals surface area contributed by atoms with Gasteiger partial charge in [-0.15, -0.1) is 0 Å². The summed E-state index contributed by atoms with van der Waals surface area (Å²) in [5.74, 6) is -4.47. The minimum absolute atomic E-state index is 0.0826. The van der Waals surface area contributed by atoms with Crippen LogP contribution in [0.4, 0.5) is 26.3 Å².